The summed E-state index contributed by atoms with van der Waals surface area (Å²) in [4.78, 5) is 4.94. The highest BCUT2D eigenvalue weighted by Crippen LogP contribution is 2.53. The first kappa shape index (κ1) is 23.0. The van der Waals surface area contributed by atoms with Crippen molar-refractivity contribution in [1.29, 1.82) is 0 Å². The molecule has 0 aliphatic heterocycles. The summed E-state index contributed by atoms with van der Waals surface area (Å²) in [7, 11) is 2.10. The topological polar surface area (TPSA) is 22.8 Å². The summed E-state index contributed by atoms with van der Waals surface area (Å²) in [6.45, 7) is 4.72. The lowest BCUT2D eigenvalue weighted by molar-refractivity contribution is 0.666. The number of rotatable bonds is 3. The second-order valence-corrected chi connectivity index (χ2v) is 11.4. The largest absolute Gasteiger partial charge is 0.327 e. The molecule has 40 heavy (non-hydrogen) atoms. The minimum absolute atomic E-state index is 0.0601. The number of para-hydroxylation sites is 1. The molecule has 0 fully saturated rings. The van der Waals surface area contributed by atoms with Crippen LogP contribution in [0.1, 0.15) is 25.0 Å². The third-order valence-electron chi connectivity index (χ3n) is 8.71. The summed E-state index contributed by atoms with van der Waals surface area (Å²) in [6.07, 6.45) is 0. The SMILES string of the molecule is Cn1c(-c2ccccc2)nc2ccc(-c3cccc(-n4c5c(c6ccccc64)C(C)(C)c4ccccc4-5)c3)cc21. The first-order valence-corrected chi connectivity index (χ1v) is 13.9. The number of benzene rings is 5. The van der Waals surface area contributed by atoms with Crippen LogP contribution in [0.5, 0.6) is 0 Å². The van der Waals surface area contributed by atoms with Crippen molar-refractivity contribution in [3.8, 4) is 39.5 Å². The van der Waals surface area contributed by atoms with Crippen LogP contribution < -0.4 is 0 Å². The second-order valence-electron chi connectivity index (χ2n) is 11.4. The van der Waals surface area contributed by atoms with Gasteiger partial charge in [-0.25, -0.2) is 4.98 Å². The monoisotopic (exact) mass is 515 g/mol. The number of fused-ring (bicyclic) bond motifs is 6. The third-order valence-corrected chi connectivity index (χ3v) is 8.71. The van der Waals surface area contributed by atoms with Crippen molar-refractivity contribution in [2.75, 3.05) is 0 Å². The van der Waals surface area contributed by atoms with Gasteiger partial charge in [0.2, 0.25) is 0 Å². The Kier molecular flexibility index (Phi) is 4.78. The maximum absolute atomic E-state index is 4.94. The minimum atomic E-state index is -0.0601. The fourth-order valence-corrected chi connectivity index (χ4v) is 6.80. The fraction of sp³-hybridized carbons (Fsp3) is 0.108. The molecule has 0 N–H and O–H groups in total. The van der Waals surface area contributed by atoms with E-state index in [-0.39, 0.29) is 5.41 Å². The van der Waals surface area contributed by atoms with Crippen molar-refractivity contribution >= 4 is 21.9 Å². The smallest absolute Gasteiger partial charge is 0.140 e. The average molecular weight is 516 g/mol. The van der Waals surface area contributed by atoms with E-state index in [4.69, 9.17) is 4.98 Å². The van der Waals surface area contributed by atoms with Gasteiger partial charge >= 0.3 is 0 Å². The predicted octanol–water partition coefficient (Wildman–Crippen LogP) is 9.16. The molecule has 0 amide bonds. The van der Waals surface area contributed by atoms with Crippen molar-refractivity contribution in [2.45, 2.75) is 19.3 Å². The molecule has 2 aromatic heterocycles. The van der Waals surface area contributed by atoms with Crippen LogP contribution in [0.15, 0.2) is 121 Å². The molecular weight excluding hydrogens is 486 g/mol. The lowest BCUT2D eigenvalue weighted by atomic mass is 9.81. The molecule has 3 nitrogen and oxygen atoms in total. The van der Waals surface area contributed by atoms with Crippen molar-refractivity contribution in [1.82, 2.24) is 14.1 Å². The quantitative estimate of drug-likeness (QED) is 0.230. The number of imidazole rings is 1. The summed E-state index contributed by atoms with van der Waals surface area (Å²) < 4.78 is 4.67. The molecule has 8 rings (SSSR count). The van der Waals surface area contributed by atoms with Gasteiger partial charge in [-0.15, -0.1) is 0 Å². The van der Waals surface area contributed by atoms with Crippen LogP contribution in [0.3, 0.4) is 0 Å². The molecule has 0 saturated heterocycles. The van der Waals surface area contributed by atoms with E-state index >= 15 is 0 Å². The van der Waals surface area contributed by atoms with Crippen LogP contribution in [0.25, 0.3) is 61.4 Å². The Balaban J connectivity index is 1.32. The second kappa shape index (κ2) is 8.30. The van der Waals surface area contributed by atoms with E-state index in [9.17, 15) is 0 Å². The zero-order chi connectivity index (χ0) is 27.0. The van der Waals surface area contributed by atoms with E-state index < -0.39 is 0 Å². The first-order valence-electron chi connectivity index (χ1n) is 13.9. The molecule has 0 spiro atoms. The van der Waals surface area contributed by atoms with Gasteiger partial charge in [-0.2, -0.15) is 0 Å². The molecule has 0 unspecified atom stereocenters. The number of hydrogen-bond acceptors (Lipinski definition) is 1. The maximum Gasteiger partial charge on any atom is 0.140 e. The Morgan fingerprint density at radius 1 is 0.625 bits per heavy atom. The van der Waals surface area contributed by atoms with Gasteiger partial charge in [0.05, 0.1) is 22.2 Å². The zero-order valence-corrected chi connectivity index (χ0v) is 22.9. The summed E-state index contributed by atoms with van der Waals surface area (Å²) in [6, 6.07) is 43.7. The molecule has 0 atom stereocenters. The van der Waals surface area contributed by atoms with E-state index in [2.05, 4.69) is 145 Å². The number of nitrogens with zero attached hydrogens (tertiary/aromatic N) is 3. The summed E-state index contributed by atoms with van der Waals surface area (Å²) in [5, 5.41) is 1.33. The highest BCUT2D eigenvalue weighted by atomic mass is 15.1. The van der Waals surface area contributed by atoms with E-state index in [0.29, 0.717) is 0 Å². The van der Waals surface area contributed by atoms with Gasteiger partial charge < -0.3 is 9.13 Å². The normalized spacial score (nSPS) is 13.6. The molecule has 1 aliphatic rings. The van der Waals surface area contributed by atoms with Gasteiger partial charge in [-0.05, 0) is 52.6 Å². The van der Waals surface area contributed by atoms with Crippen molar-refractivity contribution < 1.29 is 0 Å². The first-order chi connectivity index (χ1) is 19.5. The van der Waals surface area contributed by atoms with E-state index in [1.54, 1.807) is 0 Å². The molecule has 7 aromatic rings. The highest BCUT2D eigenvalue weighted by molar-refractivity contribution is 5.99. The van der Waals surface area contributed by atoms with Crippen LogP contribution in [0.2, 0.25) is 0 Å². The Morgan fingerprint density at radius 2 is 1.35 bits per heavy atom. The Labute approximate surface area is 234 Å². The van der Waals surface area contributed by atoms with Crippen LogP contribution in [-0.2, 0) is 12.5 Å². The molecule has 5 aromatic carbocycles. The van der Waals surface area contributed by atoms with Crippen molar-refractivity contribution in [2.24, 2.45) is 7.05 Å². The lowest BCUT2D eigenvalue weighted by Crippen LogP contribution is -2.14. The van der Waals surface area contributed by atoms with Gasteiger partial charge in [0.15, 0.2) is 0 Å². The standard InChI is InChI=1S/C37H29N3/c1-37(2)30-18-9-7-16-28(30)35-34(37)29-17-8-10-19-32(29)40(35)27-15-11-14-25(22-27)26-20-21-31-33(23-26)39(3)36(38-31)24-12-5-4-6-13-24/h4-23H,1-3H3. The molecular formula is C37H29N3. The van der Waals surface area contributed by atoms with E-state index in [1.807, 2.05) is 6.07 Å². The third kappa shape index (κ3) is 3.15. The van der Waals surface area contributed by atoms with Gasteiger partial charge in [0.25, 0.3) is 0 Å². The molecule has 1 aliphatic carbocycles. The zero-order valence-electron chi connectivity index (χ0n) is 22.9. The summed E-state index contributed by atoms with van der Waals surface area (Å²) >= 11 is 0. The molecule has 2 heterocycles. The summed E-state index contributed by atoms with van der Waals surface area (Å²) in [5.74, 6) is 0.983. The average Bonchev–Trinajstić information content (AvgIpc) is 3.60. The Hall–Kier alpha value is -4.89. The molecule has 192 valence electrons. The Morgan fingerprint density at radius 3 is 2.23 bits per heavy atom. The van der Waals surface area contributed by atoms with E-state index in [1.165, 1.54) is 50.1 Å². The van der Waals surface area contributed by atoms with Crippen LogP contribution in [0.4, 0.5) is 0 Å². The molecule has 0 saturated carbocycles. The molecule has 0 radical (unpaired) electrons. The van der Waals surface area contributed by atoms with Crippen LogP contribution in [-0.4, -0.2) is 14.1 Å². The van der Waals surface area contributed by atoms with Crippen LogP contribution >= 0.6 is 0 Å². The highest BCUT2D eigenvalue weighted by Gasteiger charge is 2.40. The summed E-state index contributed by atoms with van der Waals surface area (Å²) in [5.41, 5.74) is 13.5. The number of aryl methyl sites for hydroxylation is 1. The molecule has 0 bridgehead atoms. The minimum Gasteiger partial charge on any atom is -0.327 e. The van der Waals surface area contributed by atoms with Gasteiger partial charge in [-0.3, -0.25) is 0 Å². The Bertz CT molecular complexity index is 2090. The lowest BCUT2D eigenvalue weighted by Gasteiger charge is -2.21. The van der Waals surface area contributed by atoms with Crippen molar-refractivity contribution in [3.05, 3.63) is 132 Å². The van der Waals surface area contributed by atoms with Crippen molar-refractivity contribution in [3.63, 3.8) is 0 Å². The number of aromatic nitrogens is 3. The fourth-order valence-electron chi connectivity index (χ4n) is 6.80. The van der Waals surface area contributed by atoms with Gasteiger partial charge in [-0.1, -0.05) is 105 Å². The van der Waals surface area contributed by atoms with Gasteiger partial charge in [0, 0.05) is 34.7 Å². The number of hydrogen-bond donors (Lipinski definition) is 0. The van der Waals surface area contributed by atoms with E-state index in [0.717, 1.165) is 22.4 Å². The predicted molar refractivity (Wildman–Crippen MR) is 166 cm³/mol. The maximum atomic E-state index is 4.94. The molecule has 3 heteroatoms. The van der Waals surface area contributed by atoms with Gasteiger partial charge in [0.1, 0.15) is 5.82 Å². The van der Waals surface area contributed by atoms with Crippen LogP contribution in [0, 0.1) is 0 Å².